The summed E-state index contributed by atoms with van der Waals surface area (Å²) in [6.45, 7) is 0.150. The summed E-state index contributed by atoms with van der Waals surface area (Å²) in [6.07, 6.45) is 0. The first-order chi connectivity index (χ1) is 4.84. The van der Waals surface area contributed by atoms with Crippen molar-refractivity contribution in [2.45, 2.75) is 5.16 Å². The SMILES string of the molecule is Cn1nnnc1SCCO. The number of thioether (sulfide) groups is 1. The normalized spacial score (nSPS) is 10.2. The van der Waals surface area contributed by atoms with Gasteiger partial charge in [-0.25, -0.2) is 4.68 Å². The third-order valence-corrected chi connectivity index (χ3v) is 1.89. The summed E-state index contributed by atoms with van der Waals surface area (Å²) in [6, 6.07) is 0. The van der Waals surface area contributed by atoms with Crippen LogP contribution in [0.5, 0.6) is 0 Å². The molecule has 0 aromatic carbocycles. The Hall–Kier alpha value is -0.620. The van der Waals surface area contributed by atoms with Crippen molar-refractivity contribution in [1.82, 2.24) is 20.2 Å². The smallest absolute Gasteiger partial charge is 0.209 e. The molecule has 0 unspecified atom stereocenters. The Labute approximate surface area is 62.4 Å². The van der Waals surface area contributed by atoms with Crippen LogP contribution in [0.25, 0.3) is 0 Å². The molecule has 0 saturated heterocycles. The zero-order chi connectivity index (χ0) is 7.40. The lowest BCUT2D eigenvalue weighted by atomic mass is 10.9. The second-order valence-electron chi connectivity index (χ2n) is 1.66. The van der Waals surface area contributed by atoms with E-state index in [1.165, 1.54) is 11.8 Å². The molecule has 0 aliphatic heterocycles. The van der Waals surface area contributed by atoms with E-state index in [0.29, 0.717) is 5.75 Å². The monoisotopic (exact) mass is 160 g/mol. The van der Waals surface area contributed by atoms with Crippen molar-refractivity contribution in [2.75, 3.05) is 12.4 Å². The molecule has 0 aliphatic rings. The molecule has 1 aromatic heterocycles. The minimum absolute atomic E-state index is 0.150. The molecular formula is C4H8N4OS. The molecule has 0 radical (unpaired) electrons. The number of hydrogen-bond acceptors (Lipinski definition) is 5. The van der Waals surface area contributed by atoms with Crippen molar-refractivity contribution in [3.8, 4) is 0 Å². The Morgan fingerprint density at radius 2 is 2.50 bits per heavy atom. The number of hydrogen-bond donors (Lipinski definition) is 1. The fraction of sp³-hybridized carbons (Fsp3) is 0.750. The zero-order valence-corrected chi connectivity index (χ0v) is 6.38. The van der Waals surface area contributed by atoms with Crippen LogP contribution in [-0.4, -0.2) is 37.7 Å². The lowest BCUT2D eigenvalue weighted by Crippen LogP contribution is -1.95. The van der Waals surface area contributed by atoms with Crippen LogP contribution in [-0.2, 0) is 7.05 Å². The van der Waals surface area contributed by atoms with Gasteiger partial charge in [0.15, 0.2) is 0 Å². The third-order valence-electron chi connectivity index (χ3n) is 0.904. The molecule has 0 saturated carbocycles. The first kappa shape index (κ1) is 7.49. The third kappa shape index (κ3) is 1.68. The van der Waals surface area contributed by atoms with Gasteiger partial charge >= 0.3 is 0 Å². The van der Waals surface area contributed by atoms with Gasteiger partial charge in [0.25, 0.3) is 0 Å². The Morgan fingerprint density at radius 3 is 3.00 bits per heavy atom. The van der Waals surface area contributed by atoms with E-state index in [4.69, 9.17) is 5.11 Å². The number of aromatic nitrogens is 4. The second-order valence-corrected chi connectivity index (χ2v) is 2.72. The van der Waals surface area contributed by atoms with E-state index >= 15 is 0 Å². The number of aliphatic hydroxyl groups excluding tert-OH is 1. The highest BCUT2D eigenvalue weighted by atomic mass is 32.2. The standard InChI is InChI=1S/C4H8N4OS/c1-8-4(5-6-7-8)10-3-2-9/h9H,2-3H2,1H3. The predicted octanol–water partition coefficient (Wildman–Crippen LogP) is -0.706. The predicted molar refractivity (Wildman–Crippen MR) is 36.6 cm³/mol. The quantitative estimate of drug-likeness (QED) is 0.592. The van der Waals surface area contributed by atoms with Gasteiger partial charge in [-0.15, -0.1) is 5.10 Å². The summed E-state index contributed by atoms with van der Waals surface area (Å²) >= 11 is 1.43. The van der Waals surface area contributed by atoms with Gasteiger partial charge in [0.2, 0.25) is 5.16 Å². The zero-order valence-electron chi connectivity index (χ0n) is 5.56. The Morgan fingerprint density at radius 1 is 1.70 bits per heavy atom. The number of aryl methyl sites for hydroxylation is 1. The van der Waals surface area contributed by atoms with Gasteiger partial charge in [0, 0.05) is 12.8 Å². The van der Waals surface area contributed by atoms with Crippen LogP contribution in [0.2, 0.25) is 0 Å². The molecule has 0 amide bonds. The van der Waals surface area contributed by atoms with Gasteiger partial charge in [0.1, 0.15) is 0 Å². The van der Waals surface area contributed by atoms with E-state index in [1.807, 2.05) is 0 Å². The molecule has 1 heterocycles. The van der Waals surface area contributed by atoms with Crippen LogP contribution in [0.3, 0.4) is 0 Å². The Kier molecular flexibility index (Phi) is 2.64. The van der Waals surface area contributed by atoms with Crippen molar-refractivity contribution in [1.29, 1.82) is 0 Å². The van der Waals surface area contributed by atoms with E-state index in [1.54, 1.807) is 11.7 Å². The lowest BCUT2D eigenvalue weighted by molar-refractivity contribution is 0.322. The molecule has 0 atom stereocenters. The first-order valence-corrected chi connectivity index (χ1v) is 3.79. The van der Waals surface area contributed by atoms with Crippen molar-refractivity contribution in [3.63, 3.8) is 0 Å². The average molecular weight is 160 g/mol. The maximum atomic E-state index is 8.46. The van der Waals surface area contributed by atoms with Gasteiger partial charge in [-0.2, -0.15) is 0 Å². The maximum Gasteiger partial charge on any atom is 0.209 e. The van der Waals surface area contributed by atoms with E-state index in [0.717, 1.165) is 5.16 Å². The van der Waals surface area contributed by atoms with Gasteiger partial charge in [0.05, 0.1) is 6.61 Å². The molecule has 56 valence electrons. The van der Waals surface area contributed by atoms with E-state index in [2.05, 4.69) is 15.5 Å². The molecule has 0 aliphatic carbocycles. The minimum Gasteiger partial charge on any atom is -0.396 e. The highest BCUT2D eigenvalue weighted by Crippen LogP contribution is 2.10. The van der Waals surface area contributed by atoms with E-state index < -0.39 is 0 Å². The van der Waals surface area contributed by atoms with Crippen molar-refractivity contribution < 1.29 is 5.11 Å². The summed E-state index contributed by atoms with van der Waals surface area (Å²) in [7, 11) is 1.76. The van der Waals surface area contributed by atoms with Crippen LogP contribution in [0.4, 0.5) is 0 Å². The van der Waals surface area contributed by atoms with Crippen LogP contribution >= 0.6 is 11.8 Å². The van der Waals surface area contributed by atoms with Crippen LogP contribution in [0, 0.1) is 0 Å². The summed E-state index contributed by atoms with van der Waals surface area (Å²) < 4.78 is 1.57. The largest absolute Gasteiger partial charge is 0.396 e. The maximum absolute atomic E-state index is 8.46. The number of rotatable bonds is 3. The Balaban J connectivity index is 2.49. The van der Waals surface area contributed by atoms with Crippen molar-refractivity contribution in [3.05, 3.63) is 0 Å². The number of aliphatic hydroxyl groups is 1. The fourth-order valence-electron chi connectivity index (χ4n) is 0.480. The molecule has 5 nitrogen and oxygen atoms in total. The van der Waals surface area contributed by atoms with Crippen LogP contribution in [0.15, 0.2) is 5.16 Å². The molecular weight excluding hydrogens is 152 g/mol. The van der Waals surface area contributed by atoms with Gasteiger partial charge < -0.3 is 5.11 Å². The van der Waals surface area contributed by atoms with E-state index in [-0.39, 0.29) is 6.61 Å². The topological polar surface area (TPSA) is 63.8 Å². The lowest BCUT2D eigenvalue weighted by Gasteiger charge is -1.93. The molecule has 0 bridgehead atoms. The molecule has 6 heteroatoms. The molecule has 1 rings (SSSR count). The second kappa shape index (κ2) is 3.52. The van der Waals surface area contributed by atoms with Gasteiger partial charge in [-0.05, 0) is 10.4 Å². The van der Waals surface area contributed by atoms with Crippen LogP contribution < -0.4 is 0 Å². The summed E-state index contributed by atoms with van der Waals surface area (Å²) in [4.78, 5) is 0. The fourth-order valence-corrected chi connectivity index (χ4v) is 1.07. The molecule has 0 spiro atoms. The van der Waals surface area contributed by atoms with Crippen LogP contribution in [0.1, 0.15) is 0 Å². The molecule has 1 aromatic rings. The van der Waals surface area contributed by atoms with E-state index in [9.17, 15) is 0 Å². The highest BCUT2D eigenvalue weighted by molar-refractivity contribution is 7.99. The van der Waals surface area contributed by atoms with Crippen molar-refractivity contribution in [2.24, 2.45) is 7.05 Å². The molecule has 0 fully saturated rings. The summed E-state index contributed by atoms with van der Waals surface area (Å²) in [5.41, 5.74) is 0. The van der Waals surface area contributed by atoms with Gasteiger partial charge in [-0.3, -0.25) is 0 Å². The average Bonchev–Trinajstić information content (AvgIpc) is 2.31. The minimum atomic E-state index is 0.150. The summed E-state index contributed by atoms with van der Waals surface area (Å²) in [5, 5.41) is 20.0. The first-order valence-electron chi connectivity index (χ1n) is 2.80. The summed E-state index contributed by atoms with van der Waals surface area (Å²) in [5.74, 6) is 0.633. The molecule has 10 heavy (non-hydrogen) atoms. The Bertz CT molecular complexity index is 201. The molecule has 1 N–H and O–H groups in total. The number of nitrogens with zero attached hydrogens (tertiary/aromatic N) is 4. The highest BCUT2D eigenvalue weighted by Gasteiger charge is 1.99. The van der Waals surface area contributed by atoms with Gasteiger partial charge in [-0.1, -0.05) is 11.8 Å². The number of tetrazole rings is 1. The van der Waals surface area contributed by atoms with Crippen molar-refractivity contribution >= 4 is 11.8 Å².